The van der Waals surface area contributed by atoms with Crippen molar-refractivity contribution in [2.24, 2.45) is 0 Å². The lowest BCUT2D eigenvalue weighted by Crippen LogP contribution is -2.37. The highest BCUT2D eigenvalue weighted by Crippen LogP contribution is 2.34. The predicted octanol–water partition coefficient (Wildman–Crippen LogP) is 3.13. The predicted molar refractivity (Wildman–Crippen MR) is 103 cm³/mol. The highest BCUT2D eigenvalue weighted by Gasteiger charge is 2.18. The Kier molecular flexibility index (Phi) is 7.41. The molecule has 1 aromatic heterocycles. The first-order valence-corrected chi connectivity index (χ1v) is 9.52. The van der Waals surface area contributed by atoms with Gasteiger partial charge in [-0.1, -0.05) is 43.1 Å². The fourth-order valence-corrected chi connectivity index (χ4v) is 3.84. The molecular formula is C18H21ClN2O4S. The van der Waals surface area contributed by atoms with Crippen LogP contribution in [0.1, 0.15) is 36.4 Å². The first-order valence-electron chi connectivity index (χ1n) is 8.32. The van der Waals surface area contributed by atoms with E-state index >= 15 is 0 Å². The summed E-state index contributed by atoms with van der Waals surface area (Å²) in [5, 5.41) is 6.35. The molecule has 0 saturated heterocycles. The number of ether oxygens (including phenoxy) is 1. The molecule has 0 bridgehead atoms. The molecule has 1 heterocycles. The fraction of sp³-hybridized carbons (Fsp3) is 0.389. The van der Waals surface area contributed by atoms with E-state index in [2.05, 4.69) is 10.6 Å². The summed E-state index contributed by atoms with van der Waals surface area (Å²) in [7, 11) is 0. The Bertz CT molecular complexity index is 806. The number of thiophene rings is 1. The second kappa shape index (κ2) is 9.54. The number of amides is 2. The normalized spacial score (nSPS) is 11.8. The summed E-state index contributed by atoms with van der Waals surface area (Å²) in [6.07, 6.45) is 1.80. The maximum Gasteiger partial charge on any atom is 0.325 e. The van der Waals surface area contributed by atoms with Gasteiger partial charge in [-0.3, -0.25) is 14.4 Å². The average Bonchev–Trinajstić information content (AvgIpc) is 2.95. The summed E-state index contributed by atoms with van der Waals surface area (Å²) in [5.41, 5.74) is 0. The van der Waals surface area contributed by atoms with Gasteiger partial charge < -0.3 is 15.4 Å². The van der Waals surface area contributed by atoms with E-state index in [0.717, 1.165) is 22.9 Å². The lowest BCUT2D eigenvalue weighted by Gasteiger charge is -2.12. The molecule has 0 radical (unpaired) electrons. The molecule has 26 heavy (non-hydrogen) atoms. The topological polar surface area (TPSA) is 84.5 Å². The smallest absolute Gasteiger partial charge is 0.325 e. The van der Waals surface area contributed by atoms with Gasteiger partial charge in [0, 0.05) is 16.1 Å². The van der Waals surface area contributed by atoms with E-state index in [4.69, 9.17) is 16.3 Å². The molecule has 0 aliphatic carbocycles. The Hall–Kier alpha value is -2.12. The second-order valence-corrected chi connectivity index (χ2v) is 7.27. The lowest BCUT2D eigenvalue weighted by atomic mass is 10.2. The van der Waals surface area contributed by atoms with Crippen molar-refractivity contribution in [3.05, 3.63) is 34.2 Å². The van der Waals surface area contributed by atoms with Crippen LogP contribution in [0.2, 0.25) is 5.02 Å². The molecule has 1 unspecified atom stereocenters. The van der Waals surface area contributed by atoms with Gasteiger partial charge in [0.1, 0.15) is 11.4 Å². The van der Waals surface area contributed by atoms with Gasteiger partial charge in [0.15, 0.2) is 6.61 Å². The van der Waals surface area contributed by atoms with Crippen molar-refractivity contribution in [1.82, 2.24) is 10.6 Å². The van der Waals surface area contributed by atoms with E-state index < -0.39 is 11.9 Å². The highest BCUT2D eigenvalue weighted by molar-refractivity contribution is 7.21. The zero-order chi connectivity index (χ0) is 19.1. The summed E-state index contributed by atoms with van der Waals surface area (Å²) in [6.45, 7) is 3.21. The Morgan fingerprint density at radius 2 is 2.00 bits per heavy atom. The van der Waals surface area contributed by atoms with Gasteiger partial charge in [-0.15, -0.1) is 11.3 Å². The maximum absolute atomic E-state index is 12.2. The van der Waals surface area contributed by atoms with Crippen molar-refractivity contribution in [2.45, 2.75) is 32.7 Å². The Labute approximate surface area is 160 Å². The molecule has 1 aromatic carbocycles. The van der Waals surface area contributed by atoms with Crippen molar-refractivity contribution in [2.75, 3.05) is 13.2 Å². The van der Waals surface area contributed by atoms with Crippen LogP contribution in [0.3, 0.4) is 0 Å². The van der Waals surface area contributed by atoms with E-state index in [1.165, 1.54) is 11.3 Å². The molecule has 0 aliphatic heterocycles. The number of benzene rings is 1. The Morgan fingerprint density at radius 3 is 2.69 bits per heavy atom. The number of nitrogens with one attached hydrogen (secondary N) is 2. The zero-order valence-corrected chi connectivity index (χ0v) is 16.2. The van der Waals surface area contributed by atoms with Crippen LogP contribution in [0, 0.1) is 0 Å². The third-order valence-corrected chi connectivity index (χ3v) is 5.30. The monoisotopic (exact) mass is 396 g/mol. The number of rotatable bonds is 8. The van der Waals surface area contributed by atoms with Crippen LogP contribution in [0.4, 0.5) is 0 Å². The standard InChI is InChI=1S/C18H21ClN2O4S/c1-3-6-11(2)21-14(22)10-25-15(23)9-20-18(24)17-16(19)12-7-4-5-8-13(12)26-17/h4-5,7-8,11H,3,6,9-10H2,1-2H3,(H,20,24)(H,21,22). The third-order valence-electron chi connectivity index (χ3n) is 3.63. The van der Waals surface area contributed by atoms with Crippen LogP contribution in [0.25, 0.3) is 10.1 Å². The quantitative estimate of drug-likeness (QED) is 0.671. The summed E-state index contributed by atoms with van der Waals surface area (Å²) < 4.78 is 5.75. The van der Waals surface area contributed by atoms with Gasteiger partial charge in [0.05, 0.1) is 5.02 Å². The molecule has 1 atom stereocenters. The number of esters is 1. The minimum Gasteiger partial charge on any atom is -0.454 e. The summed E-state index contributed by atoms with van der Waals surface area (Å²) in [5.74, 6) is -1.50. The summed E-state index contributed by atoms with van der Waals surface area (Å²) in [4.78, 5) is 35.9. The molecule has 0 fully saturated rings. The lowest BCUT2D eigenvalue weighted by molar-refractivity contribution is -0.147. The molecule has 2 amide bonds. The molecule has 2 aromatic rings. The third kappa shape index (κ3) is 5.44. The minimum absolute atomic E-state index is 0.0287. The largest absolute Gasteiger partial charge is 0.454 e. The van der Waals surface area contributed by atoms with Gasteiger partial charge in [0.25, 0.3) is 11.8 Å². The first kappa shape index (κ1) is 20.2. The van der Waals surface area contributed by atoms with E-state index in [9.17, 15) is 14.4 Å². The minimum atomic E-state index is -0.686. The maximum atomic E-state index is 12.2. The van der Waals surface area contributed by atoms with Gasteiger partial charge in [0.2, 0.25) is 0 Å². The van der Waals surface area contributed by atoms with Crippen LogP contribution in [-0.4, -0.2) is 37.0 Å². The SMILES string of the molecule is CCCC(C)NC(=O)COC(=O)CNC(=O)c1sc2ccccc2c1Cl. The van der Waals surface area contributed by atoms with Crippen molar-refractivity contribution in [3.63, 3.8) is 0 Å². The molecule has 0 spiro atoms. The van der Waals surface area contributed by atoms with Gasteiger partial charge >= 0.3 is 5.97 Å². The average molecular weight is 397 g/mol. The van der Waals surface area contributed by atoms with E-state index in [0.29, 0.717) is 9.90 Å². The second-order valence-electron chi connectivity index (χ2n) is 5.84. The van der Waals surface area contributed by atoms with E-state index in [1.807, 2.05) is 38.1 Å². The number of carbonyl (C=O) groups excluding carboxylic acids is 3. The van der Waals surface area contributed by atoms with Crippen molar-refractivity contribution >= 4 is 50.8 Å². The number of carbonyl (C=O) groups is 3. The molecule has 0 saturated carbocycles. The van der Waals surface area contributed by atoms with Crippen LogP contribution in [0.15, 0.2) is 24.3 Å². The highest BCUT2D eigenvalue weighted by atomic mass is 35.5. The number of halogens is 1. The molecule has 0 aliphatic rings. The Balaban J connectivity index is 1.80. The van der Waals surface area contributed by atoms with Crippen LogP contribution in [0.5, 0.6) is 0 Å². The van der Waals surface area contributed by atoms with Crippen LogP contribution >= 0.6 is 22.9 Å². The zero-order valence-electron chi connectivity index (χ0n) is 14.6. The Morgan fingerprint density at radius 1 is 1.27 bits per heavy atom. The van der Waals surface area contributed by atoms with E-state index in [-0.39, 0.29) is 25.1 Å². The van der Waals surface area contributed by atoms with Gasteiger partial charge in [-0.05, 0) is 19.4 Å². The van der Waals surface area contributed by atoms with Crippen LogP contribution < -0.4 is 10.6 Å². The summed E-state index contributed by atoms with van der Waals surface area (Å²) >= 11 is 7.48. The first-order chi connectivity index (χ1) is 12.4. The summed E-state index contributed by atoms with van der Waals surface area (Å²) in [6, 6.07) is 7.43. The fourth-order valence-electron chi connectivity index (χ4n) is 2.41. The molecular weight excluding hydrogens is 376 g/mol. The van der Waals surface area contributed by atoms with E-state index in [1.54, 1.807) is 0 Å². The molecule has 8 heteroatoms. The number of hydrogen-bond donors (Lipinski definition) is 2. The van der Waals surface area contributed by atoms with Crippen LogP contribution in [-0.2, 0) is 14.3 Å². The van der Waals surface area contributed by atoms with Gasteiger partial charge in [-0.25, -0.2) is 0 Å². The molecule has 140 valence electrons. The van der Waals surface area contributed by atoms with Gasteiger partial charge in [-0.2, -0.15) is 0 Å². The van der Waals surface area contributed by atoms with Crippen molar-refractivity contribution < 1.29 is 19.1 Å². The number of fused-ring (bicyclic) bond motifs is 1. The molecule has 2 rings (SSSR count). The molecule has 6 nitrogen and oxygen atoms in total. The molecule has 2 N–H and O–H groups in total. The number of hydrogen-bond acceptors (Lipinski definition) is 5. The van der Waals surface area contributed by atoms with Crippen molar-refractivity contribution in [3.8, 4) is 0 Å². The van der Waals surface area contributed by atoms with Crippen molar-refractivity contribution in [1.29, 1.82) is 0 Å².